The van der Waals surface area contributed by atoms with E-state index in [0.717, 1.165) is 30.8 Å². The molecule has 0 aliphatic heterocycles. The van der Waals surface area contributed by atoms with Gasteiger partial charge in [0, 0.05) is 23.8 Å². The topological polar surface area (TPSA) is 41.1 Å². The van der Waals surface area contributed by atoms with Gasteiger partial charge in [-0.25, -0.2) is 0 Å². The van der Waals surface area contributed by atoms with Gasteiger partial charge < -0.3 is 10.6 Å². The van der Waals surface area contributed by atoms with Crippen LogP contribution in [0.2, 0.25) is 0 Å². The van der Waals surface area contributed by atoms with E-state index in [0.29, 0.717) is 0 Å². The number of hydrogen-bond acceptors (Lipinski definition) is 2. The monoisotopic (exact) mass is 260 g/mol. The molecule has 0 unspecified atom stereocenters. The molecule has 2 rings (SSSR count). The minimum atomic E-state index is 0.176. The van der Waals surface area contributed by atoms with Gasteiger partial charge in [-0.1, -0.05) is 26.2 Å². The summed E-state index contributed by atoms with van der Waals surface area (Å²) in [6.45, 7) is 3.22. The summed E-state index contributed by atoms with van der Waals surface area (Å²) in [6, 6.07) is 8.00. The number of benzene rings is 1. The lowest BCUT2D eigenvalue weighted by Gasteiger charge is -2.24. The molecule has 3 heteroatoms. The highest BCUT2D eigenvalue weighted by Gasteiger charge is 2.24. The Hall–Kier alpha value is -1.51. The van der Waals surface area contributed by atoms with Gasteiger partial charge in [0.2, 0.25) is 5.91 Å². The van der Waals surface area contributed by atoms with E-state index in [1.807, 2.05) is 24.3 Å². The Labute approximate surface area is 115 Å². The van der Waals surface area contributed by atoms with Crippen LogP contribution in [0.15, 0.2) is 24.3 Å². The second-order valence-corrected chi connectivity index (χ2v) is 5.33. The zero-order valence-electron chi connectivity index (χ0n) is 11.7. The minimum Gasteiger partial charge on any atom is -0.385 e. The Morgan fingerprint density at radius 2 is 1.84 bits per heavy atom. The number of unbranched alkanes of at least 4 members (excludes halogenated alkanes) is 2. The fraction of sp³-hybridized carbons (Fsp3) is 0.562. The number of amides is 1. The van der Waals surface area contributed by atoms with E-state index in [9.17, 15) is 4.79 Å². The first-order valence-corrected chi connectivity index (χ1v) is 7.44. The molecule has 1 fully saturated rings. The van der Waals surface area contributed by atoms with Gasteiger partial charge in [-0.15, -0.1) is 0 Å². The van der Waals surface area contributed by atoms with E-state index in [-0.39, 0.29) is 11.8 Å². The predicted molar refractivity (Wildman–Crippen MR) is 80.4 cm³/mol. The third-order valence-electron chi connectivity index (χ3n) is 3.74. The second-order valence-electron chi connectivity index (χ2n) is 5.33. The summed E-state index contributed by atoms with van der Waals surface area (Å²) < 4.78 is 0. The van der Waals surface area contributed by atoms with Crippen molar-refractivity contribution < 1.29 is 4.79 Å². The van der Waals surface area contributed by atoms with E-state index in [2.05, 4.69) is 17.6 Å². The van der Waals surface area contributed by atoms with Crippen molar-refractivity contribution in [1.29, 1.82) is 0 Å². The Morgan fingerprint density at radius 1 is 1.16 bits per heavy atom. The zero-order chi connectivity index (χ0) is 13.5. The number of hydrogen-bond donors (Lipinski definition) is 2. The fourth-order valence-electron chi connectivity index (χ4n) is 2.19. The normalized spacial score (nSPS) is 14.8. The van der Waals surface area contributed by atoms with Crippen LogP contribution in [0.5, 0.6) is 0 Å². The second kappa shape index (κ2) is 7.17. The first-order valence-electron chi connectivity index (χ1n) is 7.44. The molecule has 1 aliphatic carbocycles. The molecule has 19 heavy (non-hydrogen) atoms. The molecule has 104 valence electrons. The number of rotatable bonds is 7. The molecular weight excluding hydrogens is 236 g/mol. The van der Waals surface area contributed by atoms with Crippen molar-refractivity contribution in [2.75, 3.05) is 17.2 Å². The average Bonchev–Trinajstić information content (AvgIpc) is 2.34. The van der Waals surface area contributed by atoms with Crippen molar-refractivity contribution in [3.63, 3.8) is 0 Å². The van der Waals surface area contributed by atoms with Gasteiger partial charge in [-0.3, -0.25) is 4.79 Å². The molecule has 1 aliphatic rings. The Bertz CT molecular complexity index is 396. The first kappa shape index (κ1) is 13.9. The van der Waals surface area contributed by atoms with Crippen molar-refractivity contribution in [2.45, 2.75) is 45.4 Å². The summed E-state index contributed by atoms with van der Waals surface area (Å²) in [5.41, 5.74) is 2.02. The molecule has 1 aromatic carbocycles. The molecule has 3 nitrogen and oxygen atoms in total. The van der Waals surface area contributed by atoms with Crippen molar-refractivity contribution in [1.82, 2.24) is 0 Å². The first-order chi connectivity index (χ1) is 9.29. The molecule has 0 aromatic heterocycles. The number of anilines is 2. The summed E-state index contributed by atoms with van der Waals surface area (Å²) in [5.74, 6) is 0.418. The summed E-state index contributed by atoms with van der Waals surface area (Å²) >= 11 is 0. The highest BCUT2D eigenvalue weighted by molar-refractivity contribution is 5.93. The van der Waals surface area contributed by atoms with Crippen LogP contribution in [0.3, 0.4) is 0 Å². The van der Waals surface area contributed by atoms with Crippen molar-refractivity contribution in [3.05, 3.63) is 24.3 Å². The number of nitrogens with one attached hydrogen (secondary N) is 2. The van der Waals surface area contributed by atoms with Crippen molar-refractivity contribution in [2.24, 2.45) is 5.92 Å². The zero-order valence-corrected chi connectivity index (χ0v) is 11.7. The lowest BCUT2D eigenvalue weighted by atomic mass is 9.85. The lowest BCUT2D eigenvalue weighted by molar-refractivity contribution is -0.122. The molecule has 1 amide bonds. The number of carbonyl (C=O) groups is 1. The average molecular weight is 260 g/mol. The Balaban J connectivity index is 1.75. The lowest BCUT2D eigenvalue weighted by Crippen LogP contribution is -2.27. The van der Waals surface area contributed by atoms with E-state index in [1.54, 1.807) is 0 Å². The molecule has 0 heterocycles. The highest BCUT2D eigenvalue weighted by atomic mass is 16.1. The molecule has 1 aromatic rings. The van der Waals surface area contributed by atoms with Crippen LogP contribution in [-0.4, -0.2) is 12.5 Å². The Kier molecular flexibility index (Phi) is 5.25. The molecule has 0 saturated heterocycles. The van der Waals surface area contributed by atoms with Gasteiger partial charge in [-0.05, 0) is 43.5 Å². The molecular formula is C16H24N2O. The quantitative estimate of drug-likeness (QED) is 0.727. The SMILES string of the molecule is CCCCCNc1ccc(NC(=O)C2CCC2)cc1. The van der Waals surface area contributed by atoms with Crippen LogP contribution in [0.4, 0.5) is 11.4 Å². The summed E-state index contributed by atoms with van der Waals surface area (Å²) in [5, 5.41) is 6.37. The van der Waals surface area contributed by atoms with Crippen LogP contribution in [0, 0.1) is 5.92 Å². The van der Waals surface area contributed by atoms with Crippen LogP contribution < -0.4 is 10.6 Å². The molecule has 2 N–H and O–H groups in total. The van der Waals surface area contributed by atoms with Gasteiger partial charge in [0.15, 0.2) is 0 Å². The molecule has 0 bridgehead atoms. The molecule has 0 atom stereocenters. The van der Waals surface area contributed by atoms with E-state index < -0.39 is 0 Å². The highest BCUT2D eigenvalue weighted by Crippen LogP contribution is 2.27. The maximum absolute atomic E-state index is 11.8. The van der Waals surface area contributed by atoms with Crippen molar-refractivity contribution >= 4 is 17.3 Å². The third-order valence-corrected chi connectivity index (χ3v) is 3.74. The van der Waals surface area contributed by atoms with E-state index >= 15 is 0 Å². The summed E-state index contributed by atoms with van der Waals surface area (Å²) in [7, 11) is 0. The summed E-state index contributed by atoms with van der Waals surface area (Å²) in [6.07, 6.45) is 7.00. The van der Waals surface area contributed by atoms with Gasteiger partial charge in [0.1, 0.15) is 0 Å². The van der Waals surface area contributed by atoms with Gasteiger partial charge in [0.05, 0.1) is 0 Å². The maximum atomic E-state index is 11.8. The molecule has 0 radical (unpaired) electrons. The van der Waals surface area contributed by atoms with Crippen LogP contribution in [-0.2, 0) is 4.79 Å². The van der Waals surface area contributed by atoms with Gasteiger partial charge >= 0.3 is 0 Å². The maximum Gasteiger partial charge on any atom is 0.227 e. The fourth-order valence-corrected chi connectivity index (χ4v) is 2.19. The van der Waals surface area contributed by atoms with Crippen LogP contribution in [0.1, 0.15) is 45.4 Å². The van der Waals surface area contributed by atoms with Crippen molar-refractivity contribution in [3.8, 4) is 0 Å². The molecule has 0 spiro atoms. The van der Waals surface area contributed by atoms with E-state index in [1.165, 1.54) is 25.7 Å². The molecule has 1 saturated carbocycles. The van der Waals surface area contributed by atoms with Gasteiger partial charge in [0.25, 0.3) is 0 Å². The smallest absolute Gasteiger partial charge is 0.227 e. The van der Waals surface area contributed by atoms with E-state index in [4.69, 9.17) is 0 Å². The third kappa shape index (κ3) is 4.27. The van der Waals surface area contributed by atoms with Crippen LogP contribution in [0.25, 0.3) is 0 Å². The summed E-state index contributed by atoms with van der Waals surface area (Å²) in [4.78, 5) is 11.8. The van der Waals surface area contributed by atoms with Gasteiger partial charge in [-0.2, -0.15) is 0 Å². The Morgan fingerprint density at radius 3 is 2.42 bits per heavy atom. The minimum absolute atomic E-state index is 0.176. The standard InChI is InChI=1S/C16H24N2O/c1-2-3-4-12-17-14-8-10-15(11-9-14)18-16(19)13-6-5-7-13/h8-11,13,17H,2-7,12H2,1H3,(H,18,19). The number of carbonyl (C=O) groups excluding carboxylic acids is 1. The predicted octanol–water partition coefficient (Wildman–Crippen LogP) is 4.03. The van der Waals surface area contributed by atoms with Crippen LogP contribution >= 0.6 is 0 Å². The largest absolute Gasteiger partial charge is 0.385 e.